The summed E-state index contributed by atoms with van der Waals surface area (Å²) in [5.41, 5.74) is 1.00. The van der Waals surface area contributed by atoms with Crippen LogP contribution in [0.3, 0.4) is 0 Å². The van der Waals surface area contributed by atoms with E-state index in [-0.39, 0.29) is 24.2 Å². The molecule has 1 fully saturated rings. The normalized spacial score (nSPS) is 16.8. The third-order valence-electron chi connectivity index (χ3n) is 3.89. The second-order valence-corrected chi connectivity index (χ2v) is 5.79. The zero-order chi connectivity index (χ0) is 16.8. The minimum absolute atomic E-state index is 0.00628. The number of halogens is 1. The highest BCUT2D eigenvalue weighted by Crippen LogP contribution is 2.20. The van der Waals surface area contributed by atoms with E-state index in [1.807, 2.05) is 12.1 Å². The molecule has 1 atom stereocenters. The fraction of sp³-hybridized carbons (Fsp3) is 0.316. The average molecular weight is 329 g/mol. The SMILES string of the molecule is O=C(Cc1ccccc1F)Nc1cccc(OCC2CCCO2)c1. The van der Waals surface area contributed by atoms with Gasteiger partial charge in [-0.3, -0.25) is 4.79 Å². The molecule has 0 saturated carbocycles. The largest absolute Gasteiger partial charge is 0.491 e. The highest BCUT2D eigenvalue weighted by molar-refractivity contribution is 5.92. The number of benzene rings is 2. The summed E-state index contributed by atoms with van der Waals surface area (Å²) < 4.78 is 24.8. The molecule has 1 amide bonds. The van der Waals surface area contributed by atoms with Crippen molar-refractivity contribution in [3.63, 3.8) is 0 Å². The molecule has 1 heterocycles. The Hall–Kier alpha value is -2.40. The Kier molecular flexibility index (Phi) is 5.43. The summed E-state index contributed by atoms with van der Waals surface area (Å²) >= 11 is 0. The van der Waals surface area contributed by atoms with Gasteiger partial charge in [-0.05, 0) is 36.6 Å². The van der Waals surface area contributed by atoms with E-state index < -0.39 is 0 Å². The molecule has 0 radical (unpaired) electrons. The summed E-state index contributed by atoms with van der Waals surface area (Å²) in [6, 6.07) is 13.5. The summed E-state index contributed by atoms with van der Waals surface area (Å²) in [6.45, 7) is 1.30. The van der Waals surface area contributed by atoms with Crippen molar-refractivity contribution in [2.24, 2.45) is 0 Å². The first-order valence-corrected chi connectivity index (χ1v) is 8.08. The summed E-state index contributed by atoms with van der Waals surface area (Å²) in [6.07, 6.45) is 2.22. The highest BCUT2D eigenvalue weighted by Gasteiger charge is 2.16. The van der Waals surface area contributed by atoms with Crippen molar-refractivity contribution < 1.29 is 18.7 Å². The Morgan fingerprint density at radius 1 is 1.25 bits per heavy atom. The molecule has 1 aliphatic heterocycles. The van der Waals surface area contributed by atoms with Gasteiger partial charge >= 0.3 is 0 Å². The zero-order valence-corrected chi connectivity index (χ0v) is 13.3. The van der Waals surface area contributed by atoms with Gasteiger partial charge in [0, 0.05) is 18.4 Å². The Labute approximate surface area is 140 Å². The van der Waals surface area contributed by atoms with Gasteiger partial charge in [0.15, 0.2) is 0 Å². The molecule has 2 aromatic rings. The van der Waals surface area contributed by atoms with Gasteiger partial charge in [0.1, 0.15) is 18.2 Å². The minimum Gasteiger partial charge on any atom is -0.491 e. The van der Waals surface area contributed by atoms with Crippen LogP contribution in [-0.2, 0) is 16.0 Å². The van der Waals surface area contributed by atoms with Gasteiger partial charge in [0.05, 0.1) is 12.5 Å². The summed E-state index contributed by atoms with van der Waals surface area (Å²) in [5, 5.41) is 2.77. The smallest absolute Gasteiger partial charge is 0.228 e. The lowest BCUT2D eigenvalue weighted by Gasteiger charge is -2.12. The van der Waals surface area contributed by atoms with Crippen LogP contribution in [0.1, 0.15) is 18.4 Å². The molecule has 3 rings (SSSR count). The Bertz CT molecular complexity index is 699. The van der Waals surface area contributed by atoms with Gasteiger partial charge in [-0.15, -0.1) is 0 Å². The number of carbonyl (C=O) groups excluding carboxylic acids is 1. The molecule has 1 unspecified atom stereocenters. The maximum absolute atomic E-state index is 13.6. The van der Waals surface area contributed by atoms with E-state index in [1.54, 1.807) is 30.3 Å². The molecule has 0 aliphatic carbocycles. The predicted molar refractivity (Wildman–Crippen MR) is 89.6 cm³/mol. The van der Waals surface area contributed by atoms with Crippen LogP contribution in [0.25, 0.3) is 0 Å². The minimum atomic E-state index is -0.374. The van der Waals surface area contributed by atoms with Gasteiger partial charge in [-0.1, -0.05) is 24.3 Å². The maximum Gasteiger partial charge on any atom is 0.228 e. The van der Waals surface area contributed by atoms with Crippen LogP contribution < -0.4 is 10.1 Å². The summed E-state index contributed by atoms with van der Waals surface area (Å²) in [4.78, 5) is 12.1. The zero-order valence-electron chi connectivity index (χ0n) is 13.3. The molecule has 0 spiro atoms. The third kappa shape index (κ3) is 4.55. The van der Waals surface area contributed by atoms with E-state index in [0.29, 0.717) is 23.6 Å². The van der Waals surface area contributed by atoms with Crippen molar-refractivity contribution in [3.8, 4) is 5.75 Å². The first kappa shape index (κ1) is 16.5. The Morgan fingerprint density at radius 3 is 2.92 bits per heavy atom. The number of hydrogen-bond acceptors (Lipinski definition) is 3. The van der Waals surface area contributed by atoms with Crippen LogP contribution >= 0.6 is 0 Å². The second kappa shape index (κ2) is 7.93. The molecule has 0 aromatic heterocycles. The molecule has 2 aromatic carbocycles. The summed E-state index contributed by atoms with van der Waals surface area (Å²) in [7, 11) is 0. The fourth-order valence-electron chi connectivity index (χ4n) is 2.65. The lowest BCUT2D eigenvalue weighted by molar-refractivity contribution is -0.115. The number of nitrogens with one attached hydrogen (secondary N) is 1. The monoisotopic (exact) mass is 329 g/mol. The standard InChI is InChI=1S/C19H20FNO3/c20-18-9-2-1-5-14(18)11-19(22)21-15-6-3-7-16(12-15)24-13-17-8-4-10-23-17/h1-3,5-7,9,12,17H,4,8,10-11,13H2,(H,21,22). The number of anilines is 1. The Balaban J connectivity index is 1.55. The maximum atomic E-state index is 13.6. The molecule has 1 saturated heterocycles. The highest BCUT2D eigenvalue weighted by atomic mass is 19.1. The molecule has 1 aliphatic rings. The number of rotatable bonds is 6. The predicted octanol–water partition coefficient (Wildman–Crippen LogP) is 3.56. The van der Waals surface area contributed by atoms with Crippen molar-refractivity contribution in [3.05, 3.63) is 59.9 Å². The third-order valence-corrected chi connectivity index (χ3v) is 3.89. The molecule has 5 heteroatoms. The van der Waals surface area contributed by atoms with Crippen molar-refractivity contribution in [1.29, 1.82) is 0 Å². The lowest BCUT2D eigenvalue weighted by atomic mass is 10.1. The second-order valence-electron chi connectivity index (χ2n) is 5.79. The van der Waals surface area contributed by atoms with E-state index in [9.17, 15) is 9.18 Å². The van der Waals surface area contributed by atoms with Gasteiger partial charge in [-0.2, -0.15) is 0 Å². The van der Waals surface area contributed by atoms with Gasteiger partial charge in [-0.25, -0.2) is 4.39 Å². The number of ether oxygens (including phenoxy) is 2. The first-order valence-electron chi connectivity index (χ1n) is 8.08. The van der Waals surface area contributed by atoms with Crippen LogP contribution in [-0.4, -0.2) is 25.2 Å². The van der Waals surface area contributed by atoms with Gasteiger partial charge < -0.3 is 14.8 Å². The Morgan fingerprint density at radius 2 is 2.12 bits per heavy atom. The van der Waals surface area contributed by atoms with Crippen molar-refractivity contribution in [2.75, 3.05) is 18.5 Å². The van der Waals surface area contributed by atoms with E-state index >= 15 is 0 Å². The van der Waals surface area contributed by atoms with Crippen LogP contribution in [0.2, 0.25) is 0 Å². The number of hydrogen-bond donors (Lipinski definition) is 1. The first-order chi connectivity index (χ1) is 11.7. The molecular weight excluding hydrogens is 309 g/mol. The van der Waals surface area contributed by atoms with Crippen LogP contribution in [0.5, 0.6) is 5.75 Å². The topological polar surface area (TPSA) is 47.6 Å². The molecule has 4 nitrogen and oxygen atoms in total. The molecule has 1 N–H and O–H groups in total. The number of carbonyl (C=O) groups is 1. The van der Waals surface area contributed by atoms with Crippen molar-refractivity contribution >= 4 is 11.6 Å². The average Bonchev–Trinajstić information content (AvgIpc) is 3.09. The van der Waals surface area contributed by atoms with Crippen LogP contribution in [0.15, 0.2) is 48.5 Å². The van der Waals surface area contributed by atoms with E-state index in [4.69, 9.17) is 9.47 Å². The van der Waals surface area contributed by atoms with E-state index in [0.717, 1.165) is 19.4 Å². The van der Waals surface area contributed by atoms with E-state index in [1.165, 1.54) is 6.07 Å². The quantitative estimate of drug-likeness (QED) is 0.881. The van der Waals surface area contributed by atoms with Gasteiger partial charge in [0.25, 0.3) is 0 Å². The van der Waals surface area contributed by atoms with Gasteiger partial charge in [0.2, 0.25) is 5.91 Å². The van der Waals surface area contributed by atoms with Crippen LogP contribution in [0, 0.1) is 5.82 Å². The number of amides is 1. The molecule has 0 bridgehead atoms. The van der Waals surface area contributed by atoms with Crippen molar-refractivity contribution in [2.45, 2.75) is 25.4 Å². The molecule has 126 valence electrons. The lowest BCUT2D eigenvalue weighted by Crippen LogP contribution is -2.17. The molecule has 24 heavy (non-hydrogen) atoms. The molecular formula is C19H20FNO3. The van der Waals surface area contributed by atoms with Crippen LogP contribution in [0.4, 0.5) is 10.1 Å². The summed E-state index contributed by atoms with van der Waals surface area (Å²) in [5.74, 6) is 0.0341. The van der Waals surface area contributed by atoms with E-state index in [2.05, 4.69) is 5.32 Å². The fourth-order valence-corrected chi connectivity index (χ4v) is 2.65. The van der Waals surface area contributed by atoms with Crippen molar-refractivity contribution in [1.82, 2.24) is 0 Å².